The molecule has 3 nitrogen and oxygen atoms in total. The summed E-state index contributed by atoms with van der Waals surface area (Å²) in [7, 11) is 0. The largest absolute Gasteiger partial charge is 0.392 e. The van der Waals surface area contributed by atoms with Crippen molar-refractivity contribution in [3.05, 3.63) is 22.9 Å². The molecular formula is C14H22N2OS. The molecule has 2 rings (SSSR count). The monoisotopic (exact) mass is 266 g/mol. The Morgan fingerprint density at radius 3 is 2.78 bits per heavy atom. The highest BCUT2D eigenvalue weighted by Gasteiger charge is 2.29. The van der Waals surface area contributed by atoms with Gasteiger partial charge in [0.2, 0.25) is 0 Å². The van der Waals surface area contributed by atoms with Crippen LogP contribution in [0.3, 0.4) is 0 Å². The Morgan fingerprint density at radius 1 is 1.44 bits per heavy atom. The molecule has 4 heteroatoms. The molecule has 1 aliphatic rings. The Balaban J connectivity index is 2.37. The highest BCUT2D eigenvalue weighted by atomic mass is 32.2. The van der Waals surface area contributed by atoms with E-state index < -0.39 is 0 Å². The van der Waals surface area contributed by atoms with Gasteiger partial charge in [-0.05, 0) is 39.3 Å². The molecule has 18 heavy (non-hydrogen) atoms. The molecule has 1 aromatic heterocycles. The summed E-state index contributed by atoms with van der Waals surface area (Å²) in [6.07, 6.45) is 0. The number of aromatic nitrogens is 1. The smallest absolute Gasteiger partial charge is 0.134 e. The molecule has 0 saturated carbocycles. The van der Waals surface area contributed by atoms with Crippen molar-refractivity contribution < 1.29 is 5.11 Å². The molecule has 100 valence electrons. The summed E-state index contributed by atoms with van der Waals surface area (Å²) < 4.78 is 0.254. The molecule has 0 spiro atoms. The van der Waals surface area contributed by atoms with Crippen molar-refractivity contribution in [1.29, 1.82) is 0 Å². The number of aliphatic hydroxyl groups is 1. The van der Waals surface area contributed by atoms with Gasteiger partial charge in [-0.15, -0.1) is 0 Å². The molecule has 2 heterocycles. The summed E-state index contributed by atoms with van der Waals surface area (Å²) in [6, 6.07) is 2.04. The number of hydrogen-bond acceptors (Lipinski definition) is 4. The number of hydrogen-bond donors (Lipinski definition) is 1. The standard InChI is InChI=1S/C14H22N2OS/c1-10-7-11(2)15-13(12(10)8-17)16-5-6-18-14(3,4)9-16/h7,17H,5-6,8-9H2,1-4H3. The second-order valence-electron chi connectivity index (χ2n) is 5.57. The zero-order chi connectivity index (χ0) is 13.3. The number of aliphatic hydroxyl groups excluding tert-OH is 1. The fraction of sp³-hybridized carbons (Fsp3) is 0.643. The Labute approximate surface area is 114 Å². The summed E-state index contributed by atoms with van der Waals surface area (Å²) in [6.45, 7) is 10.7. The van der Waals surface area contributed by atoms with Crippen LogP contribution in [0.15, 0.2) is 6.07 Å². The molecule has 0 aromatic carbocycles. The van der Waals surface area contributed by atoms with Crippen LogP contribution < -0.4 is 4.90 Å². The van der Waals surface area contributed by atoms with Crippen molar-refractivity contribution in [3.8, 4) is 0 Å². The Morgan fingerprint density at radius 2 is 2.17 bits per heavy atom. The maximum atomic E-state index is 9.58. The van der Waals surface area contributed by atoms with Crippen LogP contribution in [0.5, 0.6) is 0 Å². The lowest BCUT2D eigenvalue weighted by Crippen LogP contribution is -2.44. The first-order chi connectivity index (χ1) is 8.43. The first kappa shape index (κ1) is 13.7. The average Bonchev–Trinajstić information content (AvgIpc) is 2.26. The van der Waals surface area contributed by atoms with E-state index >= 15 is 0 Å². The molecule has 1 saturated heterocycles. The first-order valence-corrected chi connectivity index (χ1v) is 7.38. The van der Waals surface area contributed by atoms with Crippen molar-refractivity contribution in [3.63, 3.8) is 0 Å². The summed E-state index contributed by atoms with van der Waals surface area (Å²) >= 11 is 2.01. The summed E-state index contributed by atoms with van der Waals surface area (Å²) in [5.41, 5.74) is 3.13. The fourth-order valence-electron chi connectivity index (χ4n) is 2.50. The zero-order valence-corrected chi connectivity index (χ0v) is 12.5. The topological polar surface area (TPSA) is 36.4 Å². The molecule has 1 N–H and O–H groups in total. The lowest BCUT2D eigenvalue weighted by atomic mass is 10.1. The van der Waals surface area contributed by atoms with Gasteiger partial charge in [-0.25, -0.2) is 4.98 Å². The van der Waals surface area contributed by atoms with Gasteiger partial charge in [0.25, 0.3) is 0 Å². The minimum Gasteiger partial charge on any atom is -0.392 e. The van der Waals surface area contributed by atoms with Crippen LogP contribution in [0.1, 0.15) is 30.7 Å². The summed E-state index contributed by atoms with van der Waals surface area (Å²) in [5, 5.41) is 9.58. The van der Waals surface area contributed by atoms with Crippen molar-refractivity contribution >= 4 is 17.6 Å². The molecule has 1 fully saturated rings. The molecule has 0 radical (unpaired) electrons. The maximum Gasteiger partial charge on any atom is 0.134 e. The lowest BCUT2D eigenvalue weighted by Gasteiger charge is -2.39. The second kappa shape index (κ2) is 5.10. The molecule has 0 aliphatic carbocycles. The van der Waals surface area contributed by atoms with Crippen molar-refractivity contribution in [2.75, 3.05) is 23.7 Å². The van der Waals surface area contributed by atoms with Crippen LogP contribution in [0, 0.1) is 13.8 Å². The SMILES string of the molecule is Cc1cc(C)c(CO)c(N2CCSC(C)(C)C2)n1. The van der Waals surface area contributed by atoms with E-state index in [1.807, 2.05) is 31.7 Å². The van der Waals surface area contributed by atoms with E-state index in [4.69, 9.17) is 0 Å². The van der Waals surface area contributed by atoms with Crippen molar-refractivity contribution in [2.45, 2.75) is 39.0 Å². The number of pyridine rings is 1. The third-order valence-electron chi connectivity index (χ3n) is 3.34. The van der Waals surface area contributed by atoms with Crippen LogP contribution in [0.4, 0.5) is 5.82 Å². The molecular weight excluding hydrogens is 244 g/mol. The number of rotatable bonds is 2. The predicted molar refractivity (Wildman–Crippen MR) is 78.4 cm³/mol. The van der Waals surface area contributed by atoms with Gasteiger partial charge in [-0.1, -0.05) is 0 Å². The lowest BCUT2D eigenvalue weighted by molar-refractivity contribution is 0.280. The first-order valence-electron chi connectivity index (χ1n) is 6.40. The van der Waals surface area contributed by atoms with E-state index in [1.54, 1.807) is 0 Å². The molecule has 0 unspecified atom stereocenters. The third kappa shape index (κ3) is 2.81. The van der Waals surface area contributed by atoms with Crippen molar-refractivity contribution in [1.82, 2.24) is 4.98 Å². The highest BCUT2D eigenvalue weighted by molar-refractivity contribution is 8.00. The van der Waals surface area contributed by atoms with Gasteiger partial charge < -0.3 is 10.0 Å². The van der Waals surface area contributed by atoms with Crippen molar-refractivity contribution in [2.24, 2.45) is 0 Å². The van der Waals surface area contributed by atoms with E-state index in [0.29, 0.717) is 0 Å². The predicted octanol–water partition coefficient (Wildman–Crippen LogP) is 2.52. The number of thioether (sulfide) groups is 1. The molecule has 0 amide bonds. The van der Waals surface area contributed by atoms with Gasteiger partial charge in [-0.2, -0.15) is 11.8 Å². The Kier molecular flexibility index (Phi) is 3.87. The highest BCUT2D eigenvalue weighted by Crippen LogP contribution is 2.33. The molecule has 0 bridgehead atoms. The quantitative estimate of drug-likeness (QED) is 0.892. The van der Waals surface area contributed by atoms with Gasteiger partial charge in [0.05, 0.1) is 6.61 Å². The van der Waals surface area contributed by atoms with Crippen LogP contribution in [-0.4, -0.2) is 33.7 Å². The third-order valence-corrected chi connectivity index (χ3v) is 4.63. The minimum atomic E-state index is 0.0680. The van der Waals surface area contributed by atoms with Crippen LogP contribution >= 0.6 is 11.8 Å². The normalized spacial score (nSPS) is 19.1. The summed E-state index contributed by atoms with van der Waals surface area (Å²) in [4.78, 5) is 6.97. The van der Waals surface area contributed by atoms with Gasteiger partial charge in [0.15, 0.2) is 0 Å². The number of aryl methyl sites for hydroxylation is 2. The van der Waals surface area contributed by atoms with Gasteiger partial charge in [0, 0.05) is 34.8 Å². The van der Waals surface area contributed by atoms with E-state index in [0.717, 1.165) is 41.5 Å². The van der Waals surface area contributed by atoms with Gasteiger partial charge in [-0.3, -0.25) is 0 Å². The van der Waals surface area contributed by atoms with Gasteiger partial charge >= 0.3 is 0 Å². The molecule has 0 atom stereocenters. The van der Waals surface area contributed by atoms with Gasteiger partial charge in [0.1, 0.15) is 5.82 Å². The van der Waals surface area contributed by atoms with E-state index in [-0.39, 0.29) is 11.4 Å². The molecule has 1 aromatic rings. The minimum absolute atomic E-state index is 0.0680. The molecule has 1 aliphatic heterocycles. The second-order valence-corrected chi connectivity index (χ2v) is 7.37. The van der Waals surface area contributed by atoms with E-state index in [2.05, 4.69) is 23.7 Å². The fourth-order valence-corrected chi connectivity index (χ4v) is 3.61. The van der Waals surface area contributed by atoms with E-state index in [1.165, 1.54) is 0 Å². The van der Waals surface area contributed by atoms with Crippen LogP contribution in [-0.2, 0) is 6.61 Å². The van der Waals surface area contributed by atoms with Crippen LogP contribution in [0.2, 0.25) is 0 Å². The number of nitrogens with zero attached hydrogens (tertiary/aromatic N) is 2. The number of anilines is 1. The van der Waals surface area contributed by atoms with E-state index in [9.17, 15) is 5.11 Å². The Hall–Kier alpha value is -0.740. The summed E-state index contributed by atoms with van der Waals surface area (Å²) in [5.74, 6) is 2.09. The Bertz CT molecular complexity index is 446. The van der Waals surface area contributed by atoms with Crippen LogP contribution in [0.25, 0.3) is 0 Å². The zero-order valence-electron chi connectivity index (χ0n) is 11.7. The average molecular weight is 266 g/mol. The maximum absolute atomic E-state index is 9.58.